The number of rotatable bonds is 3. The van der Waals surface area contributed by atoms with Gasteiger partial charge in [-0.1, -0.05) is 5.92 Å². The van der Waals surface area contributed by atoms with Gasteiger partial charge in [-0.3, -0.25) is 0 Å². The van der Waals surface area contributed by atoms with Crippen LogP contribution in [0.4, 0.5) is 0 Å². The molecular weight excluding hydrogens is 268 g/mol. The van der Waals surface area contributed by atoms with Crippen LogP contribution >= 0.6 is 0 Å². The molecule has 0 unspecified atom stereocenters. The molecule has 0 heterocycles. The van der Waals surface area contributed by atoms with Gasteiger partial charge in [0.1, 0.15) is 17.2 Å². The Kier molecular flexibility index (Phi) is 4.84. The molecule has 0 radical (unpaired) electrons. The van der Waals surface area contributed by atoms with E-state index in [1.54, 1.807) is 62.8 Å². The number of ether oxygens (including phenoxy) is 3. The van der Waals surface area contributed by atoms with Crippen molar-refractivity contribution in [3.05, 3.63) is 54.1 Å². The van der Waals surface area contributed by atoms with Gasteiger partial charge in [0.15, 0.2) is 0 Å². The molecular formula is C17H14O4. The standard InChI is InChI=1S/C17H14O4/c1-19-14-6-3-13(4-7-14)5-12-17(18)21-16-10-8-15(20-2)9-11-16/h3-4,6-11H,1-2H3. The number of carbonyl (C=O) groups excluding carboxylic acids is 1. The quantitative estimate of drug-likeness (QED) is 0.493. The number of methoxy groups -OCH3 is 2. The van der Waals surface area contributed by atoms with Crippen LogP contribution < -0.4 is 14.2 Å². The third-order valence-corrected chi connectivity index (χ3v) is 2.67. The van der Waals surface area contributed by atoms with Gasteiger partial charge in [0.2, 0.25) is 0 Å². The normalized spacial score (nSPS) is 9.24. The van der Waals surface area contributed by atoms with Crippen LogP contribution in [-0.2, 0) is 4.79 Å². The summed E-state index contributed by atoms with van der Waals surface area (Å²) in [4.78, 5) is 11.6. The highest BCUT2D eigenvalue weighted by Gasteiger charge is 2.01. The van der Waals surface area contributed by atoms with Crippen molar-refractivity contribution in [3.63, 3.8) is 0 Å². The van der Waals surface area contributed by atoms with Crippen molar-refractivity contribution in [3.8, 4) is 29.1 Å². The van der Waals surface area contributed by atoms with E-state index in [4.69, 9.17) is 14.2 Å². The molecule has 4 nitrogen and oxygen atoms in total. The first-order chi connectivity index (χ1) is 10.2. The molecule has 0 amide bonds. The van der Waals surface area contributed by atoms with Crippen molar-refractivity contribution in [2.45, 2.75) is 0 Å². The highest BCUT2D eigenvalue weighted by molar-refractivity contribution is 5.90. The smallest absolute Gasteiger partial charge is 0.390 e. The summed E-state index contributed by atoms with van der Waals surface area (Å²) in [6, 6.07) is 13.8. The monoisotopic (exact) mass is 282 g/mol. The van der Waals surface area contributed by atoms with Gasteiger partial charge in [-0.25, -0.2) is 4.79 Å². The van der Waals surface area contributed by atoms with Gasteiger partial charge in [0.05, 0.1) is 14.2 Å². The van der Waals surface area contributed by atoms with E-state index in [0.717, 1.165) is 5.75 Å². The van der Waals surface area contributed by atoms with Gasteiger partial charge in [0, 0.05) is 11.5 Å². The van der Waals surface area contributed by atoms with Crippen LogP contribution in [0.3, 0.4) is 0 Å². The van der Waals surface area contributed by atoms with Crippen molar-refractivity contribution in [2.24, 2.45) is 0 Å². The second-order valence-electron chi connectivity index (χ2n) is 4.04. The van der Waals surface area contributed by atoms with Crippen LogP contribution in [0.2, 0.25) is 0 Å². The molecule has 0 spiro atoms. The Morgan fingerprint density at radius 1 is 0.810 bits per heavy atom. The lowest BCUT2D eigenvalue weighted by atomic mass is 10.2. The molecule has 0 N–H and O–H groups in total. The lowest BCUT2D eigenvalue weighted by Gasteiger charge is -2.01. The second-order valence-corrected chi connectivity index (χ2v) is 4.04. The molecule has 0 aromatic heterocycles. The van der Waals surface area contributed by atoms with Crippen molar-refractivity contribution < 1.29 is 19.0 Å². The zero-order valence-electron chi connectivity index (χ0n) is 11.8. The van der Waals surface area contributed by atoms with Crippen molar-refractivity contribution in [1.29, 1.82) is 0 Å². The number of esters is 1. The lowest BCUT2D eigenvalue weighted by Crippen LogP contribution is -2.04. The van der Waals surface area contributed by atoms with Crippen molar-refractivity contribution in [1.82, 2.24) is 0 Å². The fourth-order valence-corrected chi connectivity index (χ4v) is 1.57. The largest absolute Gasteiger partial charge is 0.497 e. The Hall–Kier alpha value is -2.93. The second kappa shape index (κ2) is 7.01. The van der Waals surface area contributed by atoms with Gasteiger partial charge in [-0.2, -0.15) is 0 Å². The zero-order valence-corrected chi connectivity index (χ0v) is 11.8. The van der Waals surface area contributed by atoms with Gasteiger partial charge in [0.25, 0.3) is 0 Å². The van der Waals surface area contributed by atoms with E-state index in [-0.39, 0.29) is 0 Å². The minimum Gasteiger partial charge on any atom is -0.497 e. The van der Waals surface area contributed by atoms with E-state index in [9.17, 15) is 4.79 Å². The van der Waals surface area contributed by atoms with Gasteiger partial charge < -0.3 is 14.2 Å². The first-order valence-corrected chi connectivity index (χ1v) is 6.23. The van der Waals surface area contributed by atoms with E-state index in [1.807, 2.05) is 0 Å². The Morgan fingerprint density at radius 2 is 1.29 bits per heavy atom. The molecule has 0 aliphatic carbocycles. The molecule has 0 bridgehead atoms. The highest BCUT2D eigenvalue weighted by atomic mass is 16.5. The summed E-state index contributed by atoms with van der Waals surface area (Å²) in [7, 11) is 3.16. The molecule has 21 heavy (non-hydrogen) atoms. The number of hydrogen-bond donors (Lipinski definition) is 0. The minimum absolute atomic E-state index is 0.421. The maximum Gasteiger partial charge on any atom is 0.390 e. The fourth-order valence-electron chi connectivity index (χ4n) is 1.57. The summed E-state index contributed by atoms with van der Waals surface area (Å²) in [5.41, 5.74) is 0.711. The summed E-state index contributed by atoms with van der Waals surface area (Å²) in [6.45, 7) is 0. The first kappa shape index (κ1) is 14.5. The Labute approximate surface area is 123 Å². The first-order valence-electron chi connectivity index (χ1n) is 6.23. The van der Waals surface area contributed by atoms with E-state index >= 15 is 0 Å². The molecule has 0 aliphatic rings. The third-order valence-electron chi connectivity index (χ3n) is 2.67. The van der Waals surface area contributed by atoms with Crippen molar-refractivity contribution >= 4 is 5.97 Å². The summed E-state index contributed by atoms with van der Waals surface area (Å²) in [5.74, 6) is 6.40. The molecule has 0 saturated heterocycles. The van der Waals surface area contributed by atoms with E-state index in [2.05, 4.69) is 11.8 Å². The Balaban J connectivity index is 1.98. The van der Waals surface area contributed by atoms with Crippen LogP contribution in [0.1, 0.15) is 5.56 Å². The van der Waals surface area contributed by atoms with Crippen LogP contribution in [0.15, 0.2) is 48.5 Å². The Morgan fingerprint density at radius 3 is 1.81 bits per heavy atom. The molecule has 0 saturated carbocycles. The highest BCUT2D eigenvalue weighted by Crippen LogP contribution is 2.17. The number of benzene rings is 2. The van der Waals surface area contributed by atoms with E-state index in [1.165, 1.54) is 0 Å². The van der Waals surface area contributed by atoms with Crippen LogP contribution in [-0.4, -0.2) is 20.2 Å². The molecule has 0 aliphatic heterocycles. The average Bonchev–Trinajstić information content (AvgIpc) is 2.54. The molecule has 2 aromatic rings. The maximum absolute atomic E-state index is 11.6. The lowest BCUT2D eigenvalue weighted by molar-refractivity contribution is -0.128. The SMILES string of the molecule is COc1ccc(C#CC(=O)Oc2ccc(OC)cc2)cc1. The summed E-state index contributed by atoms with van der Waals surface area (Å²) in [5, 5.41) is 0. The third kappa shape index (κ3) is 4.29. The Bertz CT molecular complexity index is 661. The predicted molar refractivity (Wildman–Crippen MR) is 78.5 cm³/mol. The number of carbonyl (C=O) groups is 1. The van der Waals surface area contributed by atoms with Gasteiger partial charge in [-0.05, 0) is 48.5 Å². The van der Waals surface area contributed by atoms with E-state index in [0.29, 0.717) is 17.1 Å². The molecule has 2 aromatic carbocycles. The van der Waals surface area contributed by atoms with Gasteiger partial charge in [-0.15, -0.1) is 0 Å². The zero-order chi connectivity index (χ0) is 15.1. The number of hydrogen-bond acceptors (Lipinski definition) is 4. The van der Waals surface area contributed by atoms with Crippen LogP contribution in [0, 0.1) is 11.8 Å². The molecule has 4 heteroatoms. The summed E-state index contributed by atoms with van der Waals surface area (Å²) in [6.07, 6.45) is 0. The van der Waals surface area contributed by atoms with Crippen LogP contribution in [0.5, 0.6) is 17.2 Å². The molecule has 0 fully saturated rings. The van der Waals surface area contributed by atoms with Crippen molar-refractivity contribution in [2.75, 3.05) is 14.2 Å². The minimum atomic E-state index is -0.615. The molecule has 106 valence electrons. The molecule has 0 atom stereocenters. The average molecular weight is 282 g/mol. The van der Waals surface area contributed by atoms with E-state index < -0.39 is 5.97 Å². The fraction of sp³-hybridized carbons (Fsp3) is 0.118. The topological polar surface area (TPSA) is 44.8 Å². The predicted octanol–water partition coefficient (Wildman–Crippen LogP) is 2.66. The maximum atomic E-state index is 11.6. The van der Waals surface area contributed by atoms with Gasteiger partial charge >= 0.3 is 5.97 Å². The summed E-state index contributed by atoms with van der Waals surface area (Å²) < 4.78 is 15.1. The van der Waals surface area contributed by atoms with Crippen LogP contribution in [0.25, 0.3) is 0 Å². The summed E-state index contributed by atoms with van der Waals surface area (Å²) >= 11 is 0. The molecule has 2 rings (SSSR count).